The number of carbonyl (C=O) groups excluding carboxylic acids is 1. The number of halogens is 1. The van der Waals surface area contributed by atoms with Gasteiger partial charge in [0.15, 0.2) is 0 Å². The second-order valence-corrected chi connectivity index (χ2v) is 8.09. The molecule has 1 aliphatic rings. The molecule has 2 aromatic carbocycles. The summed E-state index contributed by atoms with van der Waals surface area (Å²) in [6, 6.07) is 13.0. The van der Waals surface area contributed by atoms with Gasteiger partial charge >= 0.3 is 0 Å². The normalized spacial score (nSPS) is 15.9. The fourth-order valence-electron chi connectivity index (χ4n) is 4.27. The smallest absolute Gasteiger partial charge is 0.258 e. The molecule has 0 bridgehead atoms. The molecule has 5 rings (SSSR count). The molecule has 0 aliphatic carbocycles. The number of H-pyrrole nitrogens is 1. The summed E-state index contributed by atoms with van der Waals surface area (Å²) in [6.07, 6.45) is 3.54. The van der Waals surface area contributed by atoms with E-state index < -0.39 is 0 Å². The number of fused-ring (bicyclic) bond motifs is 1. The van der Waals surface area contributed by atoms with E-state index in [9.17, 15) is 14.0 Å². The number of hydrogen-bond acceptors (Lipinski definition) is 5. The maximum atomic E-state index is 13.6. The number of likely N-dealkylation sites (tertiary alicyclic amines) is 1. The van der Waals surface area contributed by atoms with Gasteiger partial charge in [-0.2, -0.15) is 0 Å². The van der Waals surface area contributed by atoms with Crippen molar-refractivity contribution in [2.45, 2.75) is 18.9 Å². The van der Waals surface area contributed by atoms with Crippen LogP contribution in [0, 0.1) is 5.82 Å². The number of carbonyl (C=O) groups is 1. The Balaban J connectivity index is 1.39. The van der Waals surface area contributed by atoms with Gasteiger partial charge in [-0.1, -0.05) is 5.21 Å². The van der Waals surface area contributed by atoms with Crippen LogP contribution in [0.1, 0.15) is 23.2 Å². The summed E-state index contributed by atoms with van der Waals surface area (Å²) in [5.41, 5.74) is 2.16. The van der Waals surface area contributed by atoms with Crippen LogP contribution >= 0.6 is 0 Å². The van der Waals surface area contributed by atoms with Crippen molar-refractivity contribution in [3.63, 3.8) is 0 Å². The van der Waals surface area contributed by atoms with Gasteiger partial charge < -0.3 is 14.6 Å². The number of aromatic amines is 1. The third kappa shape index (κ3) is 4.03. The number of rotatable bonds is 5. The standard InChI is InChI=1S/C24H22FN5O3/c1-33-14-19-3-2-10-29(19)24(32)15-4-7-18(8-5-15)30-13-22(27-28-30)20-12-16-11-17(25)6-9-21(16)26-23(20)31/h4-9,11-13,19H,2-3,10,14H2,1H3,(H,26,31)/t19-/m0/s1. The highest BCUT2D eigenvalue weighted by atomic mass is 19.1. The zero-order valence-electron chi connectivity index (χ0n) is 18.0. The number of aromatic nitrogens is 4. The number of methoxy groups -OCH3 is 1. The highest BCUT2D eigenvalue weighted by molar-refractivity contribution is 5.94. The molecule has 9 heteroatoms. The second-order valence-electron chi connectivity index (χ2n) is 8.09. The molecular weight excluding hydrogens is 425 g/mol. The fraction of sp³-hybridized carbons (Fsp3) is 0.250. The van der Waals surface area contributed by atoms with Gasteiger partial charge in [0, 0.05) is 30.1 Å². The Morgan fingerprint density at radius 1 is 1.21 bits per heavy atom. The Morgan fingerprint density at radius 2 is 2.03 bits per heavy atom. The van der Waals surface area contributed by atoms with Crippen molar-refractivity contribution in [2.75, 3.05) is 20.3 Å². The van der Waals surface area contributed by atoms with Crippen LogP contribution in [-0.4, -0.2) is 57.1 Å². The highest BCUT2D eigenvalue weighted by Gasteiger charge is 2.29. The second kappa shape index (κ2) is 8.59. The highest BCUT2D eigenvalue weighted by Crippen LogP contribution is 2.22. The van der Waals surface area contributed by atoms with E-state index in [1.807, 2.05) is 4.90 Å². The molecule has 1 fully saturated rings. The number of ether oxygens (including phenoxy) is 1. The van der Waals surface area contributed by atoms with Gasteiger partial charge in [-0.3, -0.25) is 9.59 Å². The van der Waals surface area contributed by atoms with Gasteiger partial charge in [0.25, 0.3) is 11.5 Å². The number of nitrogens with zero attached hydrogens (tertiary/aromatic N) is 4. The SMILES string of the molecule is COC[C@@H]1CCCN1C(=O)c1ccc(-n2cc(-c3cc4cc(F)ccc4[nH]c3=O)nn2)cc1. The maximum Gasteiger partial charge on any atom is 0.258 e. The van der Waals surface area contributed by atoms with E-state index in [4.69, 9.17) is 4.74 Å². The van der Waals surface area contributed by atoms with Crippen molar-refractivity contribution in [3.8, 4) is 16.9 Å². The third-order valence-corrected chi connectivity index (χ3v) is 5.95. The molecule has 4 aromatic rings. The average molecular weight is 447 g/mol. The predicted molar refractivity (Wildman–Crippen MR) is 121 cm³/mol. The van der Waals surface area contributed by atoms with Crippen LogP contribution in [0.3, 0.4) is 0 Å². The summed E-state index contributed by atoms with van der Waals surface area (Å²) in [5.74, 6) is -0.406. The van der Waals surface area contributed by atoms with Crippen LogP contribution < -0.4 is 5.56 Å². The van der Waals surface area contributed by atoms with E-state index in [-0.39, 0.29) is 23.3 Å². The summed E-state index contributed by atoms with van der Waals surface area (Å²) >= 11 is 0. The molecule has 0 radical (unpaired) electrons. The van der Waals surface area contributed by atoms with Crippen LogP contribution in [0.15, 0.2) is 59.5 Å². The van der Waals surface area contributed by atoms with E-state index >= 15 is 0 Å². The molecular formula is C24H22FN5O3. The van der Waals surface area contributed by atoms with E-state index in [0.717, 1.165) is 19.4 Å². The fourth-order valence-corrected chi connectivity index (χ4v) is 4.27. The molecule has 33 heavy (non-hydrogen) atoms. The zero-order valence-corrected chi connectivity index (χ0v) is 18.0. The van der Waals surface area contributed by atoms with Crippen molar-refractivity contribution in [1.29, 1.82) is 0 Å². The van der Waals surface area contributed by atoms with Gasteiger partial charge in [-0.25, -0.2) is 9.07 Å². The van der Waals surface area contributed by atoms with E-state index in [1.165, 1.54) is 22.9 Å². The van der Waals surface area contributed by atoms with Gasteiger partial charge in [0.05, 0.1) is 30.1 Å². The maximum absolute atomic E-state index is 13.6. The van der Waals surface area contributed by atoms with E-state index in [2.05, 4.69) is 15.3 Å². The number of nitrogens with one attached hydrogen (secondary N) is 1. The van der Waals surface area contributed by atoms with Gasteiger partial charge in [-0.05, 0) is 61.4 Å². The average Bonchev–Trinajstić information content (AvgIpc) is 3.49. The molecule has 168 valence electrons. The molecule has 1 N–H and O–H groups in total. The molecule has 0 spiro atoms. The quantitative estimate of drug-likeness (QED) is 0.507. The first-order chi connectivity index (χ1) is 16.0. The summed E-state index contributed by atoms with van der Waals surface area (Å²) in [5, 5.41) is 8.80. The largest absolute Gasteiger partial charge is 0.383 e. The lowest BCUT2D eigenvalue weighted by atomic mass is 10.1. The molecule has 1 saturated heterocycles. The summed E-state index contributed by atoms with van der Waals surface area (Å²) < 4.78 is 20.4. The first-order valence-corrected chi connectivity index (χ1v) is 10.7. The lowest BCUT2D eigenvalue weighted by Crippen LogP contribution is -2.38. The third-order valence-electron chi connectivity index (χ3n) is 5.95. The molecule has 2 aromatic heterocycles. The molecule has 0 saturated carbocycles. The monoisotopic (exact) mass is 447 g/mol. The molecule has 0 unspecified atom stereocenters. The Morgan fingerprint density at radius 3 is 2.82 bits per heavy atom. The minimum Gasteiger partial charge on any atom is -0.383 e. The lowest BCUT2D eigenvalue weighted by molar-refractivity contribution is 0.0630. The summed E-state index contributed by atoms with van der Waals surface area (Å²) in [6.45, 7) is 1.26. The zero-order chi connectivity index (χ0) is 22.9. The van der Waals surface area contributed by atoms with Crippen molar-refractivity contribution < 1.29 is 13.9 Å². The first kappa shape index (κ1) is 21.0. The Labute approximate surface area is 188 Å². The first-order valence-electron chi connectivity index (χ1n) is 10.7. The number of hydrogen-bond donors (Lipinski definition) is 1. The molecule has 1 atom stereocenters. The van der Waals surface area contributed by atoms with Crippen molar-refractivity contribution in [3.05, 3.63) is 76.5 Å². The van der Waals surface area contributed by atoms with Crippen molar-refractivity contribution in [1.82, 2.24) is 24.9 Å². The van der Waals surface area contributed by atoms with E-state index in [0.29, 0.717) is 40.0 Å². The number of amides is 1. The Bertz CT molecular complexity index is 1380. The van der Waals surface area contributed by atoms with Crippen LogP contribution in [0.4, 0.5) is 4.39 Å². The lowest BCUT2D eigenvalue weighted by Gasteiger charge is -2.24. The van der Waals surface area contributed by atoms with Gasteiger partial charge in [0.1, 0.15) is 11.5 Å². The Hall–Kier alpha value is -3.85. The Kier molecular flexibility index (Phi) is 5.47. The number of pyridine rings is 1. The predicted octanol–water partition coefficient (Wildman–Crippen LogP) is 3.17. The summed E-state index contributed by atoms with van der Waals surface area (Å²) in [4.78, 5) is 30.0. The van der Waals surface area contributed by atoms with Crippen molar-refractivity contribution in [2.24, 2.45) is 0 Å². The molecule has 1 aliphatic heterocycles. The van der Waals surface area contributed by atoms with Crippen LogP contribution in [0.25, 0.3) is 27.8 Å². The van der Waals surface area contributed by atoms with Crippen LogP contribution in [0.2, 0.25) is 0 Å². The van der Waals surface area contributed by atoms with Crippen LogP contribution in [0.5, 0.6) is 0 Å². The summed E-state index contributed by atoms with van der Waals surface area (Å²) in [7, 11) is 1.65. The minimum absolute atomic E-state index is 0.0182. The molecule has 1 amide bonds. The van der Waals surface area contributed by atoms with Gasteiger partial charge in [0.2, 0.25) is 0 Å². The van der Waals surface area contributed by atoms with Crippen molar-refractivity contribution >= 4 is 16.8 Å². The molecule has 3 heterocycles. The topological polar surface area (TPSA) is 93.1 Å². The number of benzene rings is 2. The van der Waals surface area contributed by atoms with E-state index in [1.54, 1.807) is 43.6 Å². The molecule has 8 nitrogen and oxygen atoms in total. The van der Waals surface area contributed by atoms with Gasteiger partial charge in [-0.15, -0.1) is 5.10 Å². The van der Waals surface area contributed by atoms with Crippen LogP contribution in [-0.2, 0) is 4.74 Å². The minimum atomic E-state index is -0.388.